The second-order valence-electron chi connectivity index (χ2n) is 4.09. The molecule has 82 valence electrons. The summed E-state index contributed by atoms with van der Waals surface area (Å²) in [6.45, 7) is 1.81. The molecule has 1 aliphatic rings. The van der Waals surface area contributed by atoms with Crippen molar-refractivity contribution in [3.63, 3.8) is 0 Å². The number of nitrogens with zero attached hydrogens (tertiary/aromatic N) is 2. The molecule has 0 aromatic heterocycles. The van der Waals surface area contributed by atoms with E-state index >= 15 is 0 Å². The predicted molar refractivity (Wildman–Crippen MR) is 64.9 cm³/mol. The molecule has 0 bridgehead atoms. The van der Waals surface area contributed by atoms with Crippen LogP contribution in [0.3, 0.4) is 0 Å². The first kappa shape index (κ1) is 11.2. The maximum absolute atomic E-state index is 11.8. The Morgan fingerprint density at radius 1 is 1.44 bits per heavy atom. The average Bonchev–Trinajstić information content (AvgIpc) is 2.58. The first-order chi connectivity index (χ1) is 7.57. The summed E-state index contributed by atoms with van der Waals surface area (Å²) in [7, 11) is 0. The van der Waals surface area contributed by atoms with Crippen LogP contribution in [0.15, 0.2) is 28.7 Å². The quantitative estimate of drug-likeness (QED) is 0.793. The van der Waals surface area contributed by atoms with Gasteiger partial charge in [-0.2, -0.15) is 5.26 Å². The molecule has 1 aromatic rings. The van der Waals surface area contributed by atoms with E-state index in [2.05, 4.69) is 22.0 Å². The van der Waals surface area contributed by atoms with Gasteiger partial charge in [-0.25, -0.2) is 0 Å². The number of hydrogen-bond acceptors (Lipinski definition) is 2. The lowest BCUT2D eigenvalue weighted by Gasteiger charge is -2.28. The molecule has 0 radical (unpaired) electrons. The third kappa shape index (κ3) is 1.72. The van der Waals surface area contributed by atoms with E-state index in [0.717, 1.165) is 10.2 Å². The van der Waals surface area contributed by atoms with Gasteiger partial charge in [0.2, 0.25) is 5.91 Å². The van der Waals surface area contributed by atoms with Gasteiger partial charge in [0.25, 0.3) is 0 Å². The van der Waals surface area contributed by atoms with Crippen LogP contribution in [-0.2, 0) is 4.79 Å². The fraction of sp³-hybridized carbons (Fsp3) is 0.333. The number of benzene rings is 1. The molecule has 0 spiro atoms. The molecule has 1 aromatic carbocycles. The maximum atomic E-state index is 11.8. The second kappa shape index (κ2) is 3.91. The molecule has 2 rings (SSSR count). The van der Waals surface area contributed by atoms with Crippen molar-refractivity contribution in [2.24, 2.45) is 0 Å². The highest BCUT2D eigenvalue weighted by Gasteiger charge is 2.42. The van der Waals surface area contributed by atoms with Crippen molar-refractivity contribution in [2.45, 2.75) is 25.3 Å². The molecule has 3 nitrogen and oxygen atoms in total. The minimum atomic E-state index is -0.703. The Morgan fingerprint density at radius 3 is 2.62 bits per heavy atom. The highest BCUT2D eigenvalue weighted by Crippen LogP contribution is 2.34. The molecule has 1 fully saturated rings. The van der Waals surface area contributed by atoms with Crippen LogP contribution in [0.4, 0.5) is 5.69 Å². The highest BCUT2D eigenvalue weighted by atomic mass is 79.9. The van der Waals surface area contributed by atoms with Crippen LogP contribution in [0.5, 0.6) is 0 Å². The van der Waals surface area contributed by atoms with Gasteiger partial charge in [-0.15, -0.1) is 0 Å². The molecule has 1 aliphatic heterocycles. The molecule has 1 atom stereocenters. The molecular formula is C12H11BrN2O. The van der Waals surface area contributed by atoms with E-state index in [4.69, 9.17) is 0 Å². The molecule has 0 aliphatic carbocycles. The van der Waals surface area contributed by atoms with Crippen molar-refractivity contribution in [2.75, 3.05) is 4.90 Å². The lowest BCUT2D eigenvalue weighted by Crippen LogP contribution is -2.42. The molecule has 0 saturated carbocycles. The van der Waals surface area contributed by atoms with E-state index in [9.17, 15) is 10.1 Å². The van der Waals surface area contributed by atoms with Crippen molar-refractivity contribution >= 4 is 27.5 Å². The summed E-state index contributed by atoms with van der Waals surface area (Å²) in [5, 5.41) is 9.18. The second-order valence-corrected chi connectivity index (χ2v) is 5.01. The molecular weight excluding hydrogens is 268 g/mol. The third-order valence-electron chi connectivity index (χ3n) is 2.89. The van der Waals surface area contributed by atoms with Crippen molar-refractivity contribution in [1.82, 2.24) is 0 Å². The molecule has 1 unspecified atom stereocenters. The van der Waals surface area contributed by atoms with Crippen LogP contribution in [-0.4, -0.2) is 11.4 Å². The standard InChI is InChI=1S/C12H11BrN2O/c1-12(8-14)7-6-11(16)15(12)10-4-2-9(13)3-5-10/h2-5H,6-7H2,1H3. The van der Waals surface area contributed by atoms with E-state index in [1.165, 1.54) is 0 Å². The molecule has 4 heteroatoms. The van der Waals surface area contributed by atoms with Crippen LogP contribution in [0, 0.1) is 11.3 Å². The van der Waals surface area contributed by atoms with Crippen molar-refractivity contribution in [3.8, 4) is 6.07 Å². The number of hydrogen-bond donors (Lipinski definition) is 0. The first-order valence-electron chi connectivity index (χ1n) is 5.07. The fourth-order valence-electron chi connectivity index (χ4n) is 1.97. The third-order valence-corrected chi connectivity index (χ3v) is 3.42. The zero-order valence-electron chi connectivity index (χ0n) is 8.90. The number of nitriles is 1. The number of carbonyl (C=O) groups is 1. The molecule has 16 heavy (non-hydrogen) atoms. The number of amides is 1. The van der Waals surface area contributed by atoms with E-state index in [0.29, 0.717) is 12.8 Å². The van der Waals surface area contributed by atoms with E-state index in [-0.39, 0.29) is 5.91 Å². The Labute approximate surface area is 103 Å². The van der Waals surface area contributed by atoms with Gasteiger partial charge in [-0.3, -0.25) is 9.69 Å². The molecule has 1 amide bonds. The van der Waals surface area contributed by atoms with E-state index in [1.807, 2.05) is 24.3 Å². The zero-order valence-corrected chi connectivity index (χ0v) is 10.5. The van der Waals surface area contributed by atoms with Gasteiger partial charge in [0.15, 0.2) is 0 Å². The minimum absolute atomic E-state index is 0.0198. The largest absolute Gasteiger partial charge is 0.293 e. The summed E-state index contributed by atoms with van der Waals surface area (Å²) in [4.78, 5) is 13.4. The summed E-state index contributed by atoms with van der Waals surface area (Å²) >= 11 is 3.35. The van der Waals surface area contributed by atoms with Gasteiger partial charge >= 0.3 is 0 Å². The lowest BCUT2D eigenvalue weighted by molar-refractivity contribution is -0.117. The number of carbonyl (C=O) groups excluding carboxylic acids is 1. The van der Waals surface area contributed by atoms with Crippen LogP contribution in [0.2, 0.25) is 0 Å². The van der Waals surface area contributed by atoms with Crippen LogP contribution < -0.4 is 4.90 Å². The van der Waals surface area contributed by atoms with Gasteiger partial charge in [-0.05, 0) is 37.6 Å². The zero-order chi connectivity index (χ0) is 11.8. The summed E-state index contributed by atoms with van der Waals surface area (Å²) in [5.74, 6) is 0.0198. The Bertz CT molecular complexity index is 463. The smallest absolute Gasteiger partial charge is 0.228 e. The number of rotatable bonds is 1. The van der Waals surface area contributed by atoms with Crippen LogP contribution in [0.25, 0.3) is 0 Å². The summed E-state index contributed by atoms with van der Waals surface area (Å²) < 4.78 is 0.960. The minimum Gasteiger partial charge on any atom is -0.293 e. The summed E-state index contributed by atoms with van der Waals surface area (Å²) in [6.07, 6.45) is 1.04. The predicted octanol–water partition coefficient (Wildman–Crippen LogP) is 2.86. The van der Waals surface area contributed by atoms with Crippen molar-refractivity contribution < 1.29 is 4.79 Å². The maximum Gasteiger partial charge on any atom is 0.228 e. The Hall–Kier alpha value is -1.34. The van der Waals surface area contributed by atoms with Gasteiger partial charge in [0, 0.05) is 16.6 Å². The normalized spacial score (nSPS) is 24.6. The molecule has 1 saturated heterocycles. The summed E-state index contributed by atoms with van der Waals surface area (Å²) in [5.41, 5.74) is 0.0833. The van der Waals surface area contributed by atoms with Gasteiger partial charge < -0.3 is 0 Å². The van der Waals surface area contributed by atoms with Crippen molar-refractivity contribution in [3.05, 3.63) is 28.7 Å². The Kier molecular flexibility index (Phi) is 2.73. The first-order valence-corrected chi connectivity index (χ1v) is 5.86. The SMILES string of the molecule is CC1(C#N)CCC(=O)N1c1ccc(Br)cc1. The Balaban J connectivity index is 2.42. The molecule has 1 heterocycles. The van der Waals surface area contributed by atoms with E-state index in [1.54, 1.807) is 11.8 Å². The average molecular weight is 279 g/mol. The lowest BCUT2D eigenvalue weighted by atomic mass is 10.0. The van der Waals surface area contributed by atoms with E-state index < -0.39 is 5.54 Å². The van der Waals surface area contributed by atoms with Crippen molar-refractivity contribution in [1.29, 1.82) is 5.26 Å². The molecule has 0 N–H and O–H groups in total. The fourth-order valence-corrected chi connectivity index (χ4v) is 2.24. The topological polar surface area (TPSA) is 44.1 Å². The highest BCUT2D eigenvalue weighted by molar-refractivity contribution is 9.10. The number of halogens is 1. The van der Waals surface area contributed by atoms with Gasteiger partial charge in [0.1, 0.15) is 5.54 Å². The van der Waals surface area contributed by atoms with Gasteiger partial charge in [0.05, 0.1) is 6.07 Å². The van der Waals surface area contributed by atoms with Crippen LogP contribution in [0.1, 0.15) is 19.8 Å². The Morgan fingerprint density at radius 2 is 2.06 bits per heavy atom. The number of anilines is 1. The van der Waals surface area contributed by atoms with Gasteiger partial charge in [-0.1, -0.05) is 15.9 Å². The summed E-state index contributed by atoms with van der Waals surface area (Å²) in [6, 6.07) is 9.67. The monoisotopic (exact) mass is 278 g/mol. The van der Waals surface area contributed by atoms with Crippen LogP contribution >= 0.6 is 15.9 Å².